The zero-order valence-electron chi connectivity index (χ0n) is 10.3. The summed E-state index contributed by atoms with van der Waals surface area (Å²) in [6.07, 6.45) is -3.77. The molecule has 0 aromatic rings. The molecule has 0 saturated carbocycles. The standard InChI is InChI=1S/C11H19F3N2O/c1-4-8-10(17)16(6-11(12,13)14)9(15-8)5-7(2)3/h7-9,15H,4-6H2,1-3H3. The highest BCUT2D eigenvalue weighted by atomic mass is 19.4. The molecule has 1 rings (SSSR count). The van der Waals surface area contributed by atoms with Crippen molar-refractivity contribution in [2.75, 3.05) is 6.54 Å². The third kappa shape index (κ3) is 3.87. The first-order chi connectivity index (χ1) is 7.74. The van der Waals surface area contributed by atoms with Gasteiger partial charge in [-0.15, -0.1) is 0 Å². The largest absolute Gasteiger partial charge is 0.406 e. The average Bonchev–Trinajstić information content (AvgIpc) is 2.42. The van der Waals surface area contributed by atoms with Gasteiger partial charge >= 0.3 is 6.18 Å². The van der Waals surface area contributed by atoms with E-state index in [0.29, 0.717) is 12.8 Å². The van der Waals surface area contributed by atoms with Crippen LogP contribution in [0.4, 0.5) is 13.2 Å². The number of carbonyl (C=O) groups excluding carboxylic acids is 1. The van der Waals surface area contributed by atoms with Crippen LogP contribution in [0.2, 0.25) is 0 Å². The summed E-state index contributed by atoms with van der Waals surface area (Å²) in [5, 5.41) is 2.97. The fourth-order valence-corrected chi connectivity index (χ4v) is 2.06. The van der Waals surface area contributed by atoms with Gasteiger partial charge in [0.1, 0.15) is 6.54 Å². The Morgan fingerprint density at radius 3 is 2.41 bits per heavy atom. The Bertz CT molecular complexity index is 278. The molecule has 0 spiro atoms. The molecular formula is C11H19F3N2O. The summed E-state index contributed by atoms with van der Waals surface area (Å²) >= 11 is 0. The number of rotatable bonds is 4. The quantitative estimate of drug-likeness (QED) is 0.831. The maximum absolute atomic E-state index is 12.4. The molecule has 0 radical (unpaired) electrons. The molecule has 2 unspecified atom stereocenters. The molecule has 100 valence electrons. The van der Waals surface area contributed by atoms with Crippen LogP contribution in [0.15, 0.2) is 0 Å². The van der Waals surface area contributed by atoms with E-state index in [2.05, 4.69) is 5.32 Å². The molecule has 1 aliphatic rings. The summed E-state index contributed by atoms with van der Waals surface area (Å²) in [6.45, 7) is 4.49. The second-order valence-corrected chi connectivity index (χ2v) is 4.85. The molecule has 1 aliphatic heterocycles. The Labute approximate surface area is 99.4 Å². The van der Waals surface area contributed by atoms with Gasteiger partial charge in [-0.3, -0.25) is 10.1 Å². The average molecular weight is 252 g/mol. The first kappa shape index (κ1) is 14.3. The highest BCUT2D eigenvalue weighted by molar-refractivity contribution is 5.84. The Morgan fingerprint density at radius 1 is 1.41 bits per heavy atom. The molecule has 0 bridgehead atoms. The fraction of sp³-hybridized carbons (Fsp3) is 0.909. The molecule has 0 aliphatic carbocycles. The third-order valence-corrected chi connectivity index (χ3v) is 2.80. The molecule has 1 fully saturated rings. The lowest BCUT2D eigenvalue weighted by molar-refractivity contribution is -0.161. The van der Waals surface area contributed by atoms with Crippen LogP contribution in [0.25, 0.3) is 0 Å². The zero-order valence-corrected chi connectivity index (χ0v) is 10.3. The van der Waals surface area contributed by atoms with Crippen LogP contribution in [0.1, 0.15) is 33.6 Å². The van der Waals surface area contributed by atoms with E-state index < -0.39 is 30.8 Å². The smallest absolute Gasteiger partial charge is 0.317 e. The van der Waals surface area contributed by atoms with E-state index in [1.807, 2.05) is 13.8 Å². The zero-order chi connectivity index (χ0) is 13.2. The number of halogens is 3. The van der Waals surface area contributed by atoms with Crippen molar-refractivity contribution >= 4 is 5.91 Å². The van der Waals surface area contributed by atoms with Gasteiger partial charge in [0, 0.05) is 0 Å². The van der Waals surface area contributed by atoms with Crippen molar-refractivity contribution in [1.82, 2.24) is 10.2 Å². The Hall–Kier alpha value is -0.780. The Morgan fingerprint density at radius 2 is 2.00 bits per heavy atom. The molecule has 0 aromatic carbocycles. The van der Waals surface area contributed by atoms with E-state index in [4.69, 9.17) is 0 Å². The van der Waals surface area contributed by atoms with Crippen molar-refractivity contribution in [1.29, 1.82) is 0 Å². The molecular weight excluding hydrogens is 233 g/mol. The molecule has 1 amide bonds. The number of alkyl halides is 3. The van der Waals surface area contributed by atoms with Gasteiger partial charge in [0.05, 0.1) is 12.2 Å². The minimum atomic E-state index is -4.34. The first-order valence-electron chi connectivity index (χ1n) is 5.88. The van der Waals surface area contributed by atoms with Gasteiger partial charge in [-0.2, -0.15) is 13.2 Å². The monoisotopic (exact) mass is 252 g/mol. The van der Waals surface area contributed by atoms with Gasteiger partial charge in [0.2, 0.25) is 5.91 Å². The summed E-state index contributed by atoms with van der Waals surface area (Å²) in [6, 6.07) is -0.471. The van der Waals surface area contributed by atoms with E-state index in [-0.39, 0.29) is 5.92 Å². The summed E-state index contributed by atoms with van der Waals surface area (Å²) < 4.78 is 37.2. The number of carbonyl (C=O) groups is 1. The van der Waals surface area contributed by atoms with E-state index >= 15 is 0 Å². The normalized spacial score (nSPS) is 26.1. The van der Waals surface area contributed by atoms with Gasteiger partial charge in [-0.05, 0) is 18.8 Å². The van der Waals surface area contributed by atoms with Crippen LogP contribution in [0.5, 0.6) is 0 Å². The maximum atomic E-state index is 12.4. The third-order valence-electron chi connectivity index (χ3n) is 2.80. The van der Waals surface area contributed by atoms with E-state index in [1.54, 1.807) is 6.92 Å². The number of nitrogens with one attached hydrogen (secondary N) is 1. The minimum Gasteiger partial charge on any atom is -0.317 e. The number of hydrogen-bond donors (Lipinski definition) is 1. The van der Waals surface area contributed by atoms with Crippen molar-refractivity contribution in [2.45, 2.75) is 52.0 Å². The van der Waals surface area contributed by atoms with Crippen LogP contribution in [-0.4, -0.2) is 35.7 Å². The maximum Gasteiger partial charge on any atom is 0.406 e. The van der Waals surface area contributed by atoms with Crippen LogP contribution < -0.4 is 5.32 Å². The van der Waals surface area contributed by atoms with E-state index in [9.17, 15) is 18.0 Å². The minimum absolute atomic E-state index is 0.242. The van der Waals surface area contributed by atoms with Crippen molar-refractivity contribution < 1.29 is 18.0 Å². The lowest BCUT2D eigenvalue weighted by atomic mass is 10.1. The SMILES string of the molecule is CCC1NC(CC(C)C)N(CC(F)(F)F)C1=O. The lowest BCUT2D eigenvalue weighted by Gasteiger charge is -2.26. The summed E-state index contributed by atoms with van der Waals surface area (Å²) in [7, 11) is 0. The second-order valence-electron chi connectivity index (χ2n) is 4.85. The summed E-state index contributed by atoms with van der Waals surface area (Å²) in [4.78, 5) is 12.7. The van der Waals surface area contributed by atoms with Crippen LogP contribution in [0, 0.1) is 5.92 Å². The van der Waals surface area contributed by atoms with Crippen molar-refractivity contribution in [2.24, 2.45) is 5.92 Å². The van der Waals surface area contributed by atoms with Gasteiger partial charge in [0.25, 0.3) is 0 Å². The number of nitrogens with zero attached hydrogens (tertiary/aromatic N) is 1. The van der Waals surface area contributed by atoms with Gasteiger partial charge in [-0.25, -0.2) is 0 Å². The highest BCUT2D eigenvalue weighted by Crippen LogP contribution is 2.24. The van der Waals surface area contributed by atoms with Crippen molar-refractivity contribution in [3.05, 3.63) is 0 Å². The second kappa shape index (κ2) is 5.25. The fourth-order valence-electron chi connectivity index (χ4n) is 2.06. The molecule has 1 N–H and O–H groups in total. The predicted molar refractivity (Wildman–Crippen MR) is 58.2 cm³/mol. The predicted octanol–water partition coefficient (Wildman–Crippen LogP) is 2.13. The Kier molecular flexibility index (Phi) is 4.41. The Balaban J connectivity index is 2.76. The molecule has 2 atom stereocenters. The summed E-state index contributed by atoms with van der Waals surface area (Å²) in [5.74, 6) is -0.192. The number of hydrogen-bond acceptors (Lipinski definition) is 2. The van der Waals surface area contributed by atoms with Gasteiger partial charge in [-0.1, -0.05) is 20.8 Å². The van der Waals surface area contributed by atoms with Gasteiger partial charge < -0.3 is 4.90 Å². The highest BCUT2D eigenvalue weighted by Gasteiger charge is 2.43. The van der Waals surface area contributed by atoms with Crippen molar-refractivity contribution in [3.8, 4) is 0 Å². The molecule has 6 heteroatoms. The first-order valence-corrected chi connectivity index (χ1v) is 5.88. The van der Waals surface area contributed by atoms with Crippen LogP contribution in [-0.2, 0) is 4.79 Å². The topological polar surface area (TPSA) is 32.3 Å². The van der Waals surface area contributed by atoms with E-state index in [0.717, 1.165) is 4.90 Å². The number of amides is 1. The van der Waals surface area contributed by atoms with Crippen molar-refractivity contribution in [3.63, 3.8) is 0 Å². The van der Waals surface area contributed by atoms with Crippen LogP contribution in [0.3, 0.4) is 0 Å². The lowest BCUT2D eigenvalue weighted by Crippen LogP contribution is -2.43. The summed E-state index contributed by atoms with van der Waals surface area (Å²) in [5.41, 5.74) is 0. The molecule has 1 heterocycles. The molecule has 3 nitrogen and oxygen atoms in total. The molecule has 1 saturated heterocycles. The van der Waals surface area contributed by atoms with Gasteiger partial charge in [0.15, 0.2) is 0 Å². The van der Waals surface area contributed by atoms with Crippen LogP contribution >= 0.6 is 0 Å². The molecule has 0 aromatic heterocycles. The molecule has 17 heavy (non-hydrogen) atoms. The van der Waals surface area contributed by atoms with E-state index in [1.165, 1.54) is 0 Å².